The van der Waals surface area contributed by atoms with Gasteiger partial charge in [-0.1, -0.05) is 19.3 Å². The summed E-state index contributed by atoms with van der Waals surface area (Å²) in [6, 6.07) is 0.578. The van der Waals surface area contributed by atoms with Crippen molar-refractivity contribution in [3.05, 3.63) is 11.6 Å². The Bertz CT molecular complexity index is 511. The molecule has 0 spiro atoms. The fraction of sp³-hybridized carbons (Fsp3) is 0.812. The van der Waals surface area contributed by atoms with E-state index in [-0.39, 0.29) is 0 Å². The molecule has 2 aliphatic rings. The third kappa shape index (κ3) is 3.78. The second-order valence-electron chi connectivity index (χ2n) is 6.69. The van der Waals surface area contributed by atoms with Crippen molar-refractivity contribution in [2.75, 3.05) is 6.54 Å². The molecule has 22 heavy (non-hydrogen) atoms. The maximum atomic E-state index is 4.73. The summed E-state index contributed by atoms with van der Waals surface area (Å²) in [6.45, 7) is 3.58. The molecular weight excluding hydrogens is 276 g/mol. The molecule has 2 aliphatic carbocycles. The summed E-state index contributed by atoms with van der Waals surface area (Å²) in [5.41, 5.74) is 0. The Morgan fingerprint density at radius 1 is 1.18 bits per heavy atom. The van der Waals surface area contributed by atoms with Crippen molar-refractivity contribution in [2.45, 2.75) is 64.5 Å². The van der Waals surface area contributed by atoms with E-state index in [4.69, 9.17) is 4.99 Å². The topological polar surface area (TPSA) is 67.1 Å². The quantitative estimate of drug-likeness (QED) is 0.644. The van der Waals surface area contributed by atoms with Gasteiger partial charge in [-0.15, -0.1) is 10.2 Å². The second-order valence-corrected chi connectivity index (χ2v) is 6.69. The Morgan fingerprint density at radius 2 is 1.95 bits per heavy atom. The minimum Gasteiger partial charge on any atom is -0.356 e. The molecule has 0 atom stereocenters. The normalized spacial score (nSPS) is 20.2. The third-order valence-corrected chi connectivity index (χ3v) is 5.04. The van der Waals surface area contributed by atoms with Crippen LogP contribution in [0.1, 0.15) is 56.6 Å². The van der Waals surface area contributed by atoms with Gasteiger partial charge >= 0.3 is 0 Å². The molecule has 0 amide bonds. The second kappa shape index (κ2) is 7.11. The molecule has 1 heterocycles. The van der Waals surface area contributed by atoms with Crippen molar-refractivity contribution in [3.63, 3.8) is 0 Å². The first-order valence-electron chi connectivity index (χ1n) is 8.62. The minimum atomic E-state index is 0.573. The van der Waals surface area contributed by atoms with Crippen molar-refractivity contribution < 1.29 is 0 Å². The molecule has 2 saturated carbocycles. The van der Waals surface area contributed by atoms with E-state index in [1.165, 1.54) is 44.9 Å². The highest BCUT2D eigenvalue weighted by Gasteiger charge is 2.20. The van der Waals surface area contributed by atoms with Gasteiger partial charge in [-0.2, -0.15) is 0 Å². The van der Waals surface area contributed by atoms with Gasteiger partial charge in [0.15, 0.2) is 11.8 Å². The summed E-state index contributed by atoms with van der Waals surface area (Å²) in [4.78, 5) is 4.73. The summed E-state index contributed by atoms with van der Waals surface area (Å²) in [5.74, 6) is 3.61. The average Bonchev–Trinajstić information content (AvgIpc) is 3.07. The van der Waals surface area contributed by atoms with Crippen molar-refractivity contribution >= 4 is 5.96 Å². The number of aliphatic imine (C=N–C) groups is 1. The number of rotatable bonds is 5. The Kier molecular flexibility index (Phi) is 4.95. The highest BCUT2D eigenvalue weighted by atomic mass is 15.3. The van der Waals surface area contributed by atoms with Crippen LogP contribution in [-0.4, -0.2) is 33.3 Å². The molecular formula is C16H28N6. The molecule has 1 aromatic heterocycles. The Hall–Kier alpha value is -1.59. The Labute approximate surface area is 132 Å². The molecule has 0 aliphatic heterocycles. The fourth-order valence-corrected chi connectivity index (χ4v) is 3.09. The average molecular weight is 304 g/mol. The first-order valence-corrected chi connectivity index (χ1v) is 8.62. The predicted octanol–water partition coefficient (Wildman–Crippen LogP) is 1.90. The molecule has 1 aromatic rings. The number of aromatic nitrogens is 3. The van der Waals surface area contributed by atoms with Crippen LogP contribution in [0.4, 0.5) is 0 Å². The van der Waals surface area contributed by atoms with E-state index in [1.807, 2.05) is 18.5 Å². The molecule has 2 fully saturated rings. The van der Waals surface area contributed by atoms with Crippen LogP contribution in [0.2, 0.25) is 0 Å². The van der Waals surface area contributed by atoms with Gasteiger partial charge < -0.3 is 15.2 Å². The van der Waals surface area contributed by atoms with Crippen molar-refractivity contribution in [2.24, 2.45) is 18.0 Å². The summed E-state index contributed by atoms with van der Waals surface area (Å²) in [6.07, 6.45) is 9.26. The van der Waals surface area contributed by atoms with E-state index >= 15 is 0 Å². The van der Waals surface area contributed by atoms with Crippen LogP contribution in [0.25, 0.3) is 0 Å². The largest absolute Gasteiger partial charge is 0.356 e. The van der Waals surface area contributed by atoms with Crippen LogP contribution < -0.4 is 10.6 Å². The maximum Gasteiger partial charge on any atom is 0.191 e. The number of guanidine groups is 1. The number of hydrogen-bond donors (Lipinski definition) is 2. The van der Waals surface area contributed by atoms with Gasteiger partial charge in [0.25, 0.3) is 0 Å². The van der Waals surface area contributed by atoms with Gasteiger partial charge in [-0.3, -0.25) is 0 Å². The number of hydrogen-bond acceptors (Lipinski definition) is 3. The van der Waals surface area contributed by atoms with Crippen molar-refractivity contribution in [1.82, 2.24) is 25.4 Å². The molecule has 0 saturated heterocycles. The van der Waals surface area contributed by atoms with Crippen LogP contribution in [0.3, 0.4) is 0 Å². The first-order chi connectivity index (χ1) is 10.7. The summed E-state index contributed by atoms with van der Waals surface area (Å²) < 4.78 is 2.00. The van der Waals surface area contributed by atoms with Crippen LogP contribution >= 0.6 is 0 Å². The fourth-order valence-electron chi connectivity index (χ4n) is 3.09. The molecule has 6 heteroatoms. The predicted molar refractivity (Wildman–Crippen MR) is 87.6 cm³/mol. The minimum absolute atomic E-state index is 0.573. The maximum absolute atomic E-state index is 4.73. The molecule has 0 bridgehead atoms. The number of nitrogens with one attached hydrogen (secondary N) is 2. The summed E-state index contributed by atoms with van der Waals surface area (Å²) >= 11 is 0. The monoisotopic (exact) mass is 304 g/mol. The first kappa shape index (κ1) is 15.3. The molecule has 6 nitrogen and oxygen atoms in total. The Balaban J connectivity index is 1.59. The lowest BCUT2D eigenvalue weighted by molar-refractivity contribution is 0.314. The lowest BCUT2D eigenvalue weighted by atomic mass is 9.85. The van der Waals surface area contributed by atoms with E-state index in [2.05, 4.69) is 20.8 Å². The summed E-state index contributed by atoms with van der Waals surface area (Å²) in [7, 11) is 1.99. The third-order valence-electron chi connectivity index (χ3n) is 5.04. The van der Waals surface area contributed by atoms with Gasteiger partial charge in [-0.25, -0.2) is 4.99 Å². The van der Waals surface area contributed by atoms with E-state index in [0.717, 1.165) is 30.1 Å². The van der Waals surface area contributed by atoms with Gasteiger partial charge in [0.05, 0.1) is 0 Å². The van der Waals surface area contributed by atoms with Crippen LogP contribution in [0.15, 0.2) is 4.99 Å². The highest BCUT2D eigenvalue weighted by Crippen LogP contribution is 2.25. The molecule has 2 N–H and O–H groups in total. The molecule has 0 radical (unpaired) electrons. The smallest absolute Gasteiger partial charge is 0.191 e. The van der Waals surface area contributed by atoms with Gasteiger partial charge in [0.1, 0.15) is 12.4 Å². The lowest BCUT2D eigenvalue weighted by Crippen LogP contribution is -2.44. The zero-order chi connectivity index (χ0) is 15.4. The zero-order valence-electron chi connectivity index (χ0n) is 13.8. The summed E-state index contributed by atoms with van der Waals surface area (Å²) in [5, 5.41) is 15.4. The van der Waals surface area contributed by atoms with E-state index in [1.54, 1.807) is 0 Å². The van der Waals surface area contributed by atoms with Crippen molar-refractivity contribution in [3.8, 4) is 0 Å². The number of nitrogens with zero attached hydrogens (tertiary/aromatic N) is 4. The van der Waals surface area contributed by atoms with E-state index in [9.17, 15) is 0 Å². The van der Waals surface area contributed by atoms with Crippen molar-refractivity contribution in [1.29, 1.82) is 0 Å². The van der Waals surface area contributed by atoms with E-state index < -0.39 is 0 Å². The van der Waals surface area contributed by atoms with Gasteiger partial charge in [0, 0.05) is 19.6 Å². The molecule has 3 rings (SSSR count). The lowest BCUT2D eigenvalue weighted by Gasteiger charge is -2.27. The van der Waals surface area contributed by atoms with Crippen LogP contribution in [0.5, 0.6) is 0 Å². The standard InChI is InChI=1S/C16H28N6/c1-12-20-21-15(22(12)2)11-18-16(17-10-13-6-5-7-13)19-14-8-3-4-9-14/h13-14H,3-11H2,1-2H3,(H2,17,18,19). The van der Waals surface area contributed by atoms with Crippen LogP contribution in [0, 0.1) is 12.8 Å². The van der Waals surface area contributed by atoms with Gasteiger partial charge in [0.2, 0.25) is 0 Å². The Morgan fingerprint density at radius 3 is 2.55 bits per heavy atom. The van der Waals surface area contributed by atoms with E-state index in [0.29, 0.717) is 12.6 Å². The molecule has 0 aromatic carbocycles. The highest BCUT2D eigenvalue weighted by molar-refractivity contribution is 5.80. The zero-order valence-corrected chi connectivity index (χ0v) is 13.8. The SMILES string of the molecule is Cc1nnc(CN=C(NCC2CCC2)NC2CCCC2)n1C. The number of aryl methyl sites for hydroxylation is 1. The van der Waals surface area contributed by atoms with Gasteiger partial charge in [-0.05, 0) is 38.5 Å². The van der Waals surface area contributed by atoms with Crippen LogP contribution in [-0.2, 0) is 13.6 Å². The molecule has 0 unspecified atom stereocenters. The molecule has 122 valence electrons.